The van der Waals surface area contributed by atoms with Crippen molar-refractivity contribution in [3.8, 4) is 0 Å². The zero-order chi connectivity index (χ0) is 11.1. The molecule has 1 rings (SSSR count). The lowest BCUT2D eigenvalue weighted by atomic mass is 10.2. The van der Waals surface area contributed by atoms with Crippen LogP contribution in [0.15, 0.2) is 18.2 Å². The maximum absolute atomic E-state index is 6.08. The Morgan fingerprint density at radius 3 is 2.80 bits per heavy atom. The lowest BCUT2D eigenvalue weighted by Crippen LogP contribution is -1.94. The van der Waals surface area contributed by atoms with E-state index < -0.39 is 0 Å². The molecule has 3 heteroatoms. The molecule has 0 bridgehead atoms. The number of thioether (sulfide) groups is 1. The molecule has 1 nitrogen and oxygen atoms in total. The van der Waals surface area contributed by atoms with Crippen LogP contribution in [0.3, 0.4) is 0 Å². The largest absolute Gasteiger partial charge is 0.398 e. The first-order valence-electron chi connectivity index (χ1n) is 5.36. The number of hydrogen-bond acceptors (Lipinski definition) is 2. The Hall–Kier alpha value is -0.340. The molecule has 1 aromatic carbocycles. The Kier molecular flexibility index (Phi) is 5.96. The van der Waals surface area contributed by atoms with Gasteiger partial charge in [-0.2, -0.15) is 11.8 Å². The summed E-state index contributed by atoms with van der Waals surface area (Å²) in [4.78, 5) is 0. The summed E-state index contributed by atoms with van der Waals surface area (Å²) in [5, 5.41) is 0.790. The van der Waals surface area contributed by atoms with Gasteiger partial charge in [-0.25, -0.2) is 0 Å². The maximum atomic E-state index is 6.08. The van der Waals surface area contributed by atoms with Gasteiger partial charge in [-0.1, -0.05) is 37.4 Å². The Balaban J connectivity index is 2.37. The van der Waals surface area contributed by atoms with Crippen LogP contribution in [0.1, 0.15) is 31.7 Å². The molecule has 0 saturated heterocycles. The van der Waals surface area contributed by atoms with E-state index in [4.69, 9.17) is 17.3 Å². The molecule has 0 aromatic heterocycles. The predicted octanol–water partition coefficient (Wildman–Crippen LogP) is 4.35. The number of nitrogen functional groups attached to an aromatic ring is 1. The van der Waals surface area contributed by atoms with Crippen molar-refractivity contribution < 1.29 is 0 Å². The minimum Gasteiger partial charge on any atom is -0.398 e. The second-order valence-electron chi connectivity index (χ2n) is 3.57. The SMILES string of the molecule is CCCCCSCc1c(N)cccc1Cl. The highest BCUT2D eigenvalue weighted by atomic mass is 35.5. The summed E-state index contributed by atoms with van der Waals surface area (Å²) in [6.07, 6.45) is 3.87. The summed E-state index contributed by atoms with van der Waals surface area (Å²) in [5.41, 5.74) is 7.76. The van der Waals surface area contributed by atoms with Crippen LogP contribution in [0.5, 0.6) is 0 Å². The smallest absolute Gasteiger partial charge is 0.0466 e. The first-order valence-corrected chi connectivity index (χ1v) is 6.89. The van der Waals surface area contributed by atoms with E-state index in [1.807, 2.05) is 30.0 Å². The van der Waals surface area contributed by atoms with Gasteiger partial charge in [-0.15, -0.1) is 0 Å². The van der Waals surface area contributed by atoms with Crippen molar-refractivity contribution in [3.05, 3.63) is 28.8 Å². The van der Waals surface area contributed by atoms with Crippen LogP contribution in [0.2, 0.25) is 5.02 Å². The van der Waals surface area contributed by atoms with Gasteiger partial charge in [0.25, 0.3) is 0 Å². The van der Waals surface area contributed by atoms with E-state index in [1.54, 1.807) is 0 Å². The van der Waals surface area contributed by atoms with Crippen molar-refractivity contribution >= 4 is 29.1 Å². The second-order valence-corrected chi connectivity index (χ2v) is 5.08. The first-order chi connectivity index (χ1) is 7.25. The van der Waals surface area contributed by atoms with Gasteiger partial charge < -0.3 is 5.73 Å². The normalized spacial score (nSPS) is 10.5. The third-order valence-corrected chi connectivity index (χ3v) is 3.72. The molecule has 0 amide bonds. The minimum atomic E-state index is 0.790. The van der Waals surface area contributed by atoms with E-state index in [0.717, 1.165) is 22.0 Å². The molecule has 0 atom stereocenters. The zero-order valence-corrected chi connectivity index (χ0v) is 10.7. The number of rotatable bonds is 6. The summed E-state index contributed by atoms with van der Waals surface area (Å²) >= 11 is 7.99. The van der Waals surface area contributed by atoms with Crippen LogP contribution in [-0.4, -0.2) is 5.75 Å². The van der Waals surface area contributed by atoms with Crippen molar-refractivity contribution in [2.24, 2.45) is 0 Å². The fraction of sp³-hybridized carbons (Fsp3) is 0.500. The molecule has 0 saturated carbocycles. The molecule has 84 valence electrons. The van der Waals surface area contributed by atoms with Crippen LogP contribution in [-0.2, 0) is 5.75 Å². The van der Waals surface area contributed by atoms with Crippen molar-refractivity contribution in [3.63, 3.8) is 0 Å². The first kappa shape index (κ1) is 12.7. The van der Waals surface area contributed by atoms with Gasteiger partial charge in [-0.3, -0.25) is 0 Å². The summed E-state index contributed by atoms with van der Waals surface area (Å²) in [6.45, 7) is 2.22. The number of unbranched alkanes of at least 4 members (excludes halogenated alkanes) is 2. The minimum absolute atomic E-state index is 0.790. The van der Waals surface area contributed by atoms with Gasteiger partial charge in [0.05, 0.1) is 0 Å². The average Bonchev–Trinajstić information content (AvgIpc) is 2.21. The van der Waals surface area contributed by atoms with Crippen LogP contribution in [0, 0.1) is 0 Å². The van der Waals surface area contributed by atoms with Crippen LogP contribution in [0.25, 0.3) is 0 Å². The Bertz CT molecular complexity index is 281. The summed E-state index contributed by atoms with van der Waals surface area (Å²) in [5.74, 6) is 2.12. The lowest BCUT2D eigenvalue weighted by molar-refractivity contribution is 0.778. The molecular weight excluding hydrogens is 226 g/mol. The summed E-state index contributed by atoms with van der Waals surface area (Å²) in [6, 6.07) is 5.70. The van der Waals surface area contributed by atoms with E-state index in [1.165, 1.54) is 25.0 Å². The van der Waals surface area contributed by atoms with Gasteiger partial charge in [0.1, 0.15) is 0 Å². The third-order valence-electron chi connectivity index (χ3n) is 2.29. The molecule has 15 heavy (non-hydrogen) atoms. The Morgan fingerprint density at radius 2 is 2.13 bits per heavy atom. The summed E-state index contributed by atoms with van der Waals surface area (Å²) < 4.78 is 0. The fourth-order valence-electron chi connectivity index (χ4n) is 1.36. The molecule has 0 radical (unpaired) electrons. The van der Waals surface area contributed by atoms with Gasteiger partial charge >= 0.3 is 0 Å². The molecule has 0 aliphatic rings. The van der Waals surface area contributed by atoms with E-state index in [-0.39, 0.29) is 0 Å². The Morgan fingerprint density at radius 1 is 1.33 bits per heavy atom. The Labute approximate surface area is 101 Å². The molecule has 1 aromatic rings. The standard InChI is InChI=1S/C12H18ClNS/c1-2-3-4-8-15-9-10-11(13)6-5-7-12(10)14/h5-7H,2-4,8-9,14H2,1H3. The van der Waals surface area contributed by atoms with E-state index in [0.29, 0.717) is 0 Å². The molecule has 0 unspecified atom stereocenters. The average molecular weight is 244 g/mol. The van der Waals surface area contributed by atoms with Crippen molar-refractivity contribution in [1.29, 1.82) is 0 Å². The molecule has 0 aliphatic heterocycles. The molecule has 2 N–H and O–H groups in total. The van der Waals surface area contributed by atoms with Gasteiger partial charge in [0, 0.05) is 22.0 Å². The van der Waals surface area contributed by atoms with Crippen LogP contribution < -0.4 is 5.73 Å². The van der Waals surface area contributed by atoms with Crippen LogP contribution >= 0.6 is 23.4 Å². The van der Waals surface area contributed by atoms with Crippen LogP contribution in [0.4, 0.5) is 5.69 Å². The monoisotopic (exact) mass is 243 g/mol. The highest BCUT2D eigenvalue weighted by Crippen LogP contribution is 2.26. The number of nitrogens with two attached hydrogens (primary N) is 1. The van der Waals surface area contributed by atoms with Crippen molar-refractivity contribution in [2.45, 2.75) is 31.9 Å². The van der Waals surface area contributed by atoms with Gasteiger partial charge in [0.15, 0.2) is 0 Å². The fourth-order valence-corrected chi connectivity index (χ4v) is 2.76. The maximum Gasteiger partial charge on any atom is 0.0466 e. The van der Waals surface area contributed by atoms with Crippen molar-refractivity contribution in [1.82, 2.24) is 0 Å². The van der Waals surface area contributed by atoms with Gasteiger partial charge in [-0.05, 0) is 24.3 Å². The third kappa shape index (κ3) is 4.35. The molecule has 0 heterocycles. The molecule has 0 fully saturated rings. The van der Waals surface area contributed by atoms with Crippen molar-refractivity contribution in [2.75, 3.05) is 11.5 Å². The van der Waals surface area contributed by atoms with Gasteiger partial charge in [0.2, 0.25) is 0 Å². The quantitative estimate of drug-likeness (QED) is 0.594. The number of halogens is 1. The van der Waals surface area contributed by atoms with E-state index in [9.17, 15) is 0 Å². The molecule has 0 spiro atoms. The topological polar surface area (TPSA) is 26.0 Å². The lowest BCUT2D eigenvalue weighted by Gasteiger charge is -2.07. The van der Waals surface area contributed by atoms with E-state index >= 15 is 0 Å². The zero-order valence-electron chi connectivity index (χ0n) is 9.13. The highest BCUT2D eigenvalue weighted by molar-refractivity contribution is 7.98. The molecular formula is C12H18ClNS. The number of hydrogen-bond donors (Lipinski definition) is 1. The summed E-state index contributed by atoms with van der Waals surface area (Å²) in [7, 11) is 0. The molecule has 0 aliphatic carbocycles. The number of anilines is 1. The predicted molar refractivity (Wildman–Crippen MR) is 71.6 cm³/mol. The highest BCUT2D eigenvalue weighted by Gasteiger charge is 2.03. The van der Waals surface area contributed by atoms with E-state index in [2.05, 4.69) is 6.92 Å². The second kappa shape index (κ2) is 7.02. The number of benzene rings is 1.